The maximum absolute atomic E-state index is 12.0. The van der Waals surface area contributed by atoms with Gasteiger partial charge in [0.25, 0.3) is 0 Å². The molecule has 1 aliphatic heterocycles. The van der Waals surface area contributed by atoms with E-state index in [2.05, 4.69) is 38.2 Å². The molecule has 1 saturated heterocycles. The van der Waals surface area contributed by atoms with E-state index in [1.54, 1.807) is 6.08 Å². The molecule has 1 aliphatic rings. The Bertz CT molecular complexity index is 655. The van der Waals surface area contributed by atoms with Crippen LogP contribution in [0, 0.1) is 5.92 Å². The van der Waals surface area contributed by atoms with Crippen LogP contribution in [0.15, 0.2) is 54.4 Å². The SMILES string of the molecule is C=C(NC(=O)C1CN(C)C1)/C(N)=C\C=C(/C)c1ccc(P)cc1. The number of amides is 1. The molecule has 0 bridgehead atoms. The summed E-state index contributed by atoms with van der Waals surface area (Å²) >= 11 is 0. The lowest BCUT2D eigenvalue weighted by atomic mass is 10.0. The number of rotatable bonds is 5. The van der Waals surface area contributed by atoms with E-state index in [0.717, 1.165) is 29.5 Å². The minimum atomic E-state index is -0.0128. The van der Waals surface area contributed by atoms with Crippen molar-refractivity contribution in [3.8, 4) is 0 Å². The number of hydrogen-bond acceptors (Lipinski definition) is 3. The quantitative estimate of drug-likeness (QED) is 0.638. The number of benzene rings is 1. The van der Waals surface area contributed by atoms with Gasteiger partial charge in [-0.25, -0.2) is 0 Å². The van der Waals surface area contributed by atoms with Gasteiger partial charge in [-0.05, 0) is 36.5 Å². The van der Waals surface area contributed by atoms with Crippen LogP contribution in [0.25, 0.3) is 5.57 Å². The fraction of sp³-hybridized carbons (Fsp3) is 0.278. The molecule has 2 rings (SSSR count). The van der Waals surface area contributed by atoms with Crippen LogP contribution in [-0.4, -0.2) is 30.9 Å². The van der Waals surface area contributed by atoms with Crippen LogP contribution in [0.3, 0.4) is 0 Å². The molecule has 1 aromatic carbocycles. The second-order valence-electron chi connectivity index (χ2n) is 5.98. The maximum Gasteiger partial charge on any atom is 0.230 e. The minimum Gasteiger partial charge on any atom is -0.397 e. The summed E-state index contributed by atoms with van der Waals surface area (Å²) in [7, 11) is 4.66. The molecule has 1 heterocycles. The molecule has 1 fully saturated rings. The summed E-state index contributed by atoms with van der Waals surface area (Å²) in [5, 5.41) is 3.94. The zero-order valence-corrected chi connectivity index (χ0v) is 14.8. The van der Waals surface area contributed by atoms with Crippen LogP contribution >= 0.6 is 9.24 Å². The first-order chi connectivity index (χ1) is 10.9. The van der Waals surface area contributed by atoms with Gasteiger partial charge in [-0.3, -0.25) is 4.79 Å². The molecule has 0 radical (unpaired) electrons. The minimum absolute atomic E-state index is 0.0128. The standard InChI is InChI=1S/C18H24N3OP/c1-12(14-5-7-16(23)8-6-14)4-9-17(19)13(2)20-18(22)15-10-21(3)11-15/h4-9,15H,2,10-11,19,23H2,1,3H3,(H,20,22)/b12-4+,17-9+. The van der Waals surface area contributed by atoms with Crippen LogP contribution in [0.1, 0.15) is 12.5 Å². The largest absolute Gasteiger partial charge is 0.397 e. The molecule has 1 amide bonds. The number of nitrogens with zero attached hydrogens (tertiary/aromatic N) is 1. The second kappa shape index (κ2) is 7.58. The lowest BCUT2D eigenvalue weighted by molar-refractivity contribution is -0.128. The van der Waals surface area contributed by atoms with Gasteiger partial charge in [-0.15, -0.1) is 9.24 Å². The van der Waals surface area contributed by atoms with Crippen LogP contribution in [0.2, 0.25) is 0 Å². The Morgan fingerprint density at radius 3 is 2.52 bits per heavy atom. The average molecular weight is 329 g/mol. The van der Waals surface area contributed by atoms with E-state index in [-0.39, 0.29) is 11.8 Å². The van der Waals surface area contributed by atoms with E-state index in [0.29, 0.717) is 11.4 Å². The summed E-state index contributed by atoms with van der Waals surface area (Å²) in [6.07, 6.45) is 3.71. The van der Waals surface area contributed by atoms with Crippen molar-refractivity contribution in [3.05, 3.63) is 60.0 Å². The monoisotopic (exact) mass is 329 g/mol. The zero-order chi connectivity index (χ0) is 17.0. The molecule has 122 valence electrons. The fourth-order valence-electron chi connectivity index (χ4n) is 2.35. The van der Waals surface area contributed by atoms with Gasteiger partial charge in [-0.2, -0.15) is 0 Å². The highest BCUT2D eigenvalue weighted by Crippen LogP contribution is 2.15. The van der Waals surface area contributed by atoms with Crippen molar-refractivity contribution in [2.75, 3.05) is 20.1 Å². The third-order valence-electron chi connectivity index (χ3n) is 3.94. The summed E-state index contributed by atoms with van der Waals surface area (Å²) in [4.78, 5) is 14.1. The first-order valence-electron chi connectivity index (χ1n) is 7.55. The lowest BCUT2D eigenvalue weighted by Crippen LogP contribution is -2.51. The van der Waals surface area contributed by atoms with Gasteiger partial charge in [0.1, 0.15) is 0 Å². The summed E-state index contributed by atoms with van der Waals surface area (Å²) < 4.78 is 0. The number of carbonyl (C=O) groups is 1. The predicted molar refractivity (Wildman–Crippen MR) is 100.0 cm³/mol. The molecule has 0 spiro atoms. The van der Waals surface area contributed by atoms with Gasteiger partial charge in [0.05, 0.1) is 17.3 Å². The number of hydrogen-bond donors (Lipinski definition) is 2. The zero-order valence-electron chi connectivity index (χ0n) is 13.7. The Morgan fingerprint density at radius 2 is 1.96 bits per heavy atom. The van der Waals surface area contributed by atoms with E-state index in [1.807, 2.05) is 32.2 Å². The van der Waals surface area contributed by atoms with Crippen molar-refractivity contribution in [1.82, 2.24) is 10.2 Å². The van der Waals surface area contributed by atoms with Crippen molar-refractivity contribution in [2.24, 2.45) is 11.7 Å². The highest BCUT2D eigenvalue weighted by molar-refractivity contribution is 7.27. The number of allylic oxidation sites excluding steroid dienone is 3. The van der Waals surface area contributed by atoms with E-state index >= 15 is 0 Å². The van der Waals surface area contributed by atoms with Gasteiger partial charge in [-0.1, -0.05) is 36.9 Å². The molecule has 23 heavy (non-hydrogen) atoms. The summed E-state index contributed by atoms with van der Waals surface area (Å²) in [6.45, 7) is 7.44. The molecule has 1 unspecified atom stereocenters. The van der Waals surface area contributed by atoms with E-state index in [9.17, 15) is 4.79 Å². The van der Waals surface area contributed by atoms with Crippen LogP contribution in [-0.2, 0) is 4.79 Å². The molecule has 4 nitrogen and oxygen atoms in total. The van der Waals surface area contributed by atoms with Crippen molar-refractivity contribution in [1.29, 1.82) is 0 Å². The summed E-state index contributed by atoms with van der Waals surface area (Å²) in [6, 6.07) is 8.20. The lowest BCUT2D eigenvalue weighted by Gasteiger charge is -2.35. The predicted octanol–water partition coefficient (Wildman–Crippen LogP) is 1.62. The van der Waals surface area contributed by atoms with Gasteiger partial charge in [0.2, 0.25) is 5.91 Å². The van der Waals surface area contributed by atoms with Gasteiger partial charge in [0, 0.05) is 13.1 Å². The molecule has 0 aromatic heterocycles. The van der Waals surface area contributed by atoms with E-state index < -0.39 is 0 Å². The summed E-state index contributed by atoms with van der Waals surface area (Å²) in [5.74, 6) is 0.0217. The van der Waals surface area contributed by atoms with Crippen LogP contribution in [0.5, 0.6) is 0 Å². The second-order valence-corrected chi connectivity index (χ2v) is 6.65. The molecular formula is C18H24N3OP. The third kappa shape index (κ3) is 4.78. The van der Waals surface area contributed by atoms with Gasteiger partial charge >= 0.3 is 0 Å². The molecule has 1 aromatic rings. The Hall–Kier alpha value is -1.90. The fourth-order valence-corrected chi connectivity index (χ4v) is 2.54. The number of carbonyl (C=O) groups excluding carboxylic acids is 1. The Kier molecular flexibility index (Phi) is 5.75. The van der Waals surface area contributed by atoms with Crippen molar-refractivity contribution < 1.29 is 4.79 Å². The van der Waals surface area contributed by atoms with Crippen LogP contribution < -0.4 is 16.4 Å². The first kappa shape index (κ1) is 17.5. The molecular weight excluding hydrogens is 305 g/mol. The number of nitrogens with two attached hydrogens (primary N) is 1. The summed E-state index contributed by atoms with van der Waals surface area (Å²) in [5.41, 5.74) is 9.14. The van der Waals surface area contributed by atoms with Crippen molar-refractivity contribution in [2.45, 2.75) is 6.92 Å². The Morgan fingerprint density at radius 1 is 1.35 bits per heavy atom. The average Bonchev–Trinajstić information content (AvgIpc) is 2.49. The normalized spacial score (nSPS) is 16.8. The Balaban J connectivity index is 1.95. The smallest absolute Gasteiger partial charge is 0.230 e. The maximum atomic E-state index is 12.0. The van der Waals surface area contributed by atoms with Crippen molar-refractivity contribution in [3.63, 3.8) is 0 Å². The Labute approximate surface area is 140 Å². The molecule has 1 atom stereocenters. The topological polar surface area (TPSA) is 58.4 Å². The van der Waals surface area contributed by atoms with E-state index in [1.165, 1.54) is 0 Å². The molecule has 3 N–H and O–H groups in total. The van der Waals surface area contributed by atoms with Gasteiger partial charge in [0.15, 0.2) is 0 Å². The number of nitrogens with one attached hydrogen (secondary N) is 1. The van der Waals surface area contributed by atoms with Crippen LogP contribution in [0.4, 0.5) is 0 Å². The van der Waals surface area contributed by atoms with Gasteiger partial charge < -0.3 is 16.0 Å². The molecule has 0 saturated carbocycles. The number of likely N-dealkylation sites (tertiary alicyclic amines) is 1. The first-order valence-corrected chi connectivity index (χ1v) is 8.13. The molecule has 5 heteroatoms. The van der Waals surface area contributed by atoms with Crippen molar-refractivity contribution >= 4 is 26.0 Å². The molecule has 0 aliphatic carbocycles. The van der Waals surface area contributed by atoms with E-state index in [4.69, 9.17) is 5.73 Å². The highest BCUT2D eigenvalue weighted by Gasteiger charge is 2.30. The highest BCUT2D eigenvalue weighted by atomic mass is 31.0. The third-order valence-corrected chi connectivity index (χ3v) is 4.32.